The number of amides is 1. The van der Waals surface area contributed by atoms with Gasteiger partial charge >= 0.3 is 0 Å². The van der Waals surface area contributed by atoms with E-state index in [0.717, 1.165) is 23.1 Å². The number of nitrogens with zero attached hydrogens (tertiary/aromatic N) is 5. The van der Waals surface area contributed by atoms with E-state index in [2.05, 4.69) is 33.6 Å². The number of nitriles is 1. The van der Waals surface area contributed by atoms with E-state index in [-0.39, 0.29) is 5.91 Å². The van der Waals surface area contributed by atoms with Gasteiger partial charge in [-0.2, -0.15) is 10.5 Å². The number of hydrogen-bond acceptors (Lipinski definition) is 6. The number of aromatic nitrogens is 4. The Morgan fingerprint density at radius 1 is 1.05 bits per heavy atom. The summed E-state index contributed by atoms with van der Waals surface area (Å²) in [6, 6.07) is 26.0. The Labute approximate surface area is 226 Å². The zero-order chi connectivity index (χ0) is 26.5. The maximum absolute atomic E-state index is 14.3. The van der Waals surface area contributed by atoms with Crippen LogP contribution in [0.4, 0.5) is 0 Å². The maximum Gasteiger partial charge on any atom is 0.253 e. The number of hydrogen-bond donors (Lipinski definition) is 1. The number of benzene rings is 3. The standard InChI is InChI=1S/C29H27ClN6O2/c1-2-6-24(28-32-34-35-33-28)36-26(21-13-15-23(30)16-14-21)27(22-7-4-3-5-8-22)38-25(29(36)37)17-19-9-11-20(18-31)12-10-19/h3-5,7-16,24-27H,2,6,17H2,1H3,(H,32,33,34,35)/t24-,25+,26-,27+/m1/s1. The molecule has 0 radical (unpaired) electrons. The van der Waals surface area contributed by atoms with Crippen molar-refractivity contribution < 1.29 is 9.53 Å². The van der Waals surface area contributed by atoms with Gasteiger partial charge in [-0.05, 0) is 47.4 Å². The van der Waals surface area contributed by atoms with Crippen LogP contribution >= 0.6 is 11.6 Å². The monoisotopic (exact) mass is 526 g/mol. The molecule has 38 heavy (non-hydrogen) atoms. The lowest BCUT2D eigenvalue weighted by Gasteiger charge is -2.47. The number of rotatable bonds is 8. The molecule has 2 heterocycles. The third-order valence-electron chi connectivity index (χ3n) is 6.83. The fourth-order valence-electron chi connectivity index (χ4n) is 5.05. The molecule has 0 bridgehead atoms. The van der Waals surface area contributed by atoms with Gasteiger partial charge in [0.15, 0.2) is 5.82 Å². The molecule has 1 amide bonds. The van der Waals surface area contributed by atoms with Crippen LogP contribution in [-0.4, -0.2) is 37.5 Å². The molecule has 1 N–H and O–H groups in total. The predicted octanol–water partition coefficient (Wildman–Crippen LogP) is 5.52. The second-order valence-electron chi connectivity index (χ2n) is 9.29. The van der Waals surface area contributed by atoms with Crippen LogP contribution in [0, 0.1) is 11.3 Å². The van der Waals surface area contributed by atoms with Crippen molar-refractivity contribution >= 4 is 17.5 Å². The Morgan fingerprint density at radius 2 is 1.79 bits per heavy atom. The Balaban J connectivity index is 1.63. The van der Waals surface area contributed by atoms with Crippen molar-refractivity contribution in [2.45, 2.75) is 50.5 Å². The third-order valence-corrected chi connectivity index (χ3v) is 7.08. The van der Waals surface area contributed by atoms with E-state index >= 15 is 0 Å². The van der Waals surface area contributed by atoms with Gasteiger partial charge in [-0.3, -0.25) is 4.79 Å². The highest BCUT2D eigenvalue weighted by Gasteiger charge is 2.47. The molecule has 1 fully saturated rings. The van der Waals surface area contributed by atoms with Crippen molar-refractivity contribution in [3.8, 4) is 6.07 Å². The first-order chi connectivity index (χ1) is 18.6. The molecule has 1 aliphatic rings. The van der Waals surface area contributed by atoms with Crippen LogP contribution in [0.25, 0.3) is 0 Å². The molecule has 192 valence electrons. The Hall–Kier alpha value is -4.06. The minimum Gasteiger partial charge on any atom is -0.358 e. The molecule has 0 saturated carbocycles. The summed E-state index contributed by atoms with van der Waals surface area (Å²) in [5, 5.41) is 24.7. The zero-order valence-corrected chi connectivity index (χ0v) is 21.6. The number of nitrogens with one attached hydrogen (secondary N) is 1. The summed E-state index contributed by atoms with van der Waals surface area (Å²) in [5.74, 6) is 0.315. The predicted molar refractivity (Wildman–Crippen MR) is 142 cm³/mol. The number of morpholine rings is 1. The van der Waals surface area contributed by atoms with Crippen LogP contribution in [-0.2, 0) is 16.0 Å². The van der Waals surface area contributed by atoms with Gasteiger partial charge in [-0.1, -0.05) is 84.8 Å². The molecule has 1 aromatic heterocycles. The van der Waals surface area contributed by atoms with Crippen molar-refractivity contribution in [1.29, 1.82) is 5.26 Å². The highest BCUT2D eigenvalue weighted by atomic mass is 35.5. The molecular weight excluding hydrogens is 500 g/mol. The van der Waals surface area contributed by atoms with Crippen molar-refractivity contribution in [1.82, 2.24) is 25.5 Å². The Morgan fingerprint density at radius 3 is 2.42 bits per heavy atom. The third kappa shape index (κ3) is 5.30. The molecule has 0 unspecified atom stereocenters. The lowest BCUT2D eigenvalue weighted by Crippen LogP contribution is -2.53. The molecule has 3 aromatic carbocycles. The van der Waals surface area contributed by atoms with E-state index in [1.54, 1.807) is 12.1 Å². The summed E-state index contributed by atoms with van der Waals surface area (Å²) in [7, 11) is 0. The molecule has 0 spiro atoms. The number of carbonyl (C=O) groups is 1. The number of halogens is 1. The van der Waals surface area contributed by atoms with E-state index in [4.69, 9.17) is 16.3 Å². The Kier molecular flexibility index (Phi) is 7.78. The first-order valence-electron chi connectivity index (χ1n) is 12.6. The number of H-pyrrole nitrogens is 1. The second-order valence-corrected chi connectivity index (χ2v) is 9.72. The molecule has 1 saturated heterocycles. The number of ether oxygens (including phenoxy) is 1. The molecule has 9 heteroatoms. The SMILES string of the molecule is CCC[C@H](c1nn[nH]n1)N1C(=O)[C@H](Cc2ccc(C#N)cc2)O[C@@H](c2ccccc2)[C@H]1c1ccc(Cl)cc1. The first kappa shape index (κ1) is 25.6. The summed E-state index contributed by atoms with van der Waals surface area (Å²) in [6.45, 7) is 2.07. The van der Waals surface area contributed by atoms with Crippen LogP contribution in [0.15, 0.2) is 78.9 Å². The Bertz CT molecular complexity index is 1390. The quantitative estimate of drug-likeness (QED) is 0.324. The number of carbonyl (C=O) groups excluding carboxylic acids is 1. The van der Waals surface area contributed by atoms with Crippen LogP contribution in [0.5, 0.6) is 0 Å². The average molecular weight is 527 g/mol. The van der Waals surface area contributed by atoms with Gasteiger partial charge in [-0.25, -0.2) is 0 Å². The summed E-state index contributed by atoms with van der Waals surface area (Å²) in [4.78, 5) is 16.2. The maximum atomic E-state index is 14.3. The van der Waals surface area contributed by atoms with Gasteiger partial charge in [0.1, 0.15) is 12.2 Å². The minimum absolute atomic E-state index is 0.148. The summed E-state index contributed by atoms with van der Waals surface area (Å²) in [5.41, 5.74) is 3.33. The molecule has 8 nitrogen and oxygen atoms in total. The van der Waals surface area contributed by atoms with Gasteiger partial charge < -0.3 is 9.64 Å². The van der Waals surface area contributed by atoms with Crippen LogP contribution in [0.1, 0.15) is 66.0 Å². The van der Waals surface area contributed by atoms with E-state index < -0.39 is 24.3 Å². The topological polar surface area (TPSA) is 108 Å². The van der Waals surface area contributed by atoms with Crippen LogP contribution in [0.2, 0.25) is 5.02 Å². The lowest BCUT2D eigenvalue weighted by molar-refractivity contribution is -0.180. The first-order valence-corrected chi connectivity index (χ1v) is 13.0. The van der Waals surface area contributed by atoms with Gasteiger partial charge in [0.05, 0.1) is 23.7 Å². The summed E-state index contributed by atoms with van der Waals surface area (Å²) < 4.78 is 6.66. The summed E-state index contributed by atoms with van der Waals surface area (Å²) >= 11 is 6.23. The van der Waals surface area contributed by atoms with Gasteiger partial charge in [0, 0.05) is 11.4 Å². The smallest absolute Gasteiger partial charge is 0.253 e. The molecule has 0 aliphatic carbocycles. The van der Waals surface area contributed by atoms with Gasteiger partial charge in [-0.15, -0.1) is 10.2 Å². The van der Waals surface area contributed by atoms with Crippen LogP contribution < -0.4 is 0 Å². The molecule has 1 aliphatic heterocycles. The van der Waals surface area contributed by atoms with E-state index in [0.29, 0.717) is 29.3 Å². The van der Waals surface area contributed by atoms with E-state index in [1.807, 2.05) is 71.6 Å². The number of aromatic amines is 1. The molecule has 4 aromatic rings. The highest BCUT2D eigenvalue weighted by Crippen LogP contribution is 2.46. The number of tetrazole rings is 1. The van der Waals surface area contributed by atoms with E-state index in [9.17, 15) is 10.1 Å². The lowest BCUT2D eigenvalue weighted by atomic mass is 9.88. The van der Waals surface area contributed by atoms with Crippen molar-refractivity contribution in [3.05, 3.63) is 112 Å². The largest absolute Gasteiger partial charge is 0.358 e. The van der Waals surface area contributed by atoms with Crippen LogP contribution in [0.3, 0.4) is 0 Å². The van der Waals surface area contributed by atoms with Gasteiger partial charge in [0.2, 0.25) is 0 Å². The summed E-state index contributed by atoms with van der Waals surface area (Å²) in [6.07, 6.45) is 0.629. The fraction of sp³-hybridized carbons (Fsp3) is 0.276. The molecule has 5 rings (SSSR count). The van der Waals surface area contributed by atoms with Crippen molar-refractivity contribution in [3.63, 3.8) is 0 Å². The molecule has 4 atom stereocenters. The highest BCUT2D eigenvalue weighted by molar-refractivity contribution is 6.30. The zero-order valence-electron chi connectivity index (χ0n) is 20.9. The average Bonchev–Trinajstić information content (AvgIpc) is 3.49. The normalized spacial score (nSPS) is 20.2. The van der Waals surface area contributed by atoms with Gasteiger partial charge in [0.25, 0.3) is 5.91 Å². The van der Waals surface area contributed by atoms with Crippen molar-refractivity contribution in [2.24, 2.45) is 0 Å². The van der Waals surface area contributed by atoms with E-state index in [1.165, 1.54) is 0 Å². The molecular formula is C29H27ClN6O2. The minimum atomic E-state index is -0.747. The second kappa shape index (κ2) is 11.5. The fourth-order valence-corrected chi connectivity index (χ4v) is 5.17. The van der Waals surface area contributed by atoms with Crippen molar-refractivity contribution in [2.75, 3.05) is 0 Å².